The van der Waals surface area contributed by atoms with Crippen LogP contribution in [0.15, 0.2) is 90.1 Å². The summed E-state index contributed by atoms with van der Waals surface area (Å²) in [5.41, 5.74) is 1.28. The number of carbonyl (C=O) groups is 1. The summed E-state index contributed by atoms with van der Waals surface area (Å²) in [6.45, 7) is 0.686. The van der Waals surface area contributed by atoms with E-state index in [9.17, 15) is 4.79 Å². The molecule has 2 aromatic rings. The van der Waals surface area contributed by atoms with Crippen molar-refractivity contribution in [2.75, 3.05) is 6.54 Å². The molecule has 25 heavy (non-hydrogen) atoms. The van der Waals surface area contributed by atoms with E-state index in [0.29, 0.717) is 13.0 Å². The summed E-state index contributed by atoms with van der Waals surface area (Å²) in [7, 11) is 0. The Morgan fingerprint density at radius 1 is 1.00 bits per heavy atom. The monoisotopic (exact) mass is 394 g/mol. The lowest BCUT2D eigenvalue weighted by Crippen LogP contribution is -2.33. The molecule has 3 nitrogen and oxygen atoms in total. The first kappa shape index (κ1) is 17.4. The highest BCUT2D eigenvalue weighted by Crippen LogP contribution is 2.37. The molecule has 0 aromatic heterocycles. The van der Waals surface area contributed by atoms with Gasteiger partial charge in [-0.15, -0.1) is 17.0 Å². The molecule has 0 radical (unpaired) electrons. The molecule has 2 aliphatic heterocycles. The SMILES string of the molecule is Br.O=C(CC1(c2ccccc2)CN2C=CC=CC2=N1)c1ccccc1. The van der Waals surface area contributed by atoms with E-state index >= 15 is 0 Å². The van der Waals surface area contributed by atoms with Crippen molar-refractivity contribution in [3.63, 3.8) is 0 Å². The fraction of sp³-hybridized carbons (Fsp3) is 0.143. The first-order chi connectivity index (χ1) is 11.8. The lowest BCUT2D eigenvalue weighted by molar-refractivity contribution is 0.0950. The molecular weight excluding hydrogens is 376 g/mol. The molecule has 0 fully saturated rings. The van der Waals surface area contributed by atoms with Gasteiger partial charge in [0.1, 0.15) is 11.4 Å². The minimum Gasteiger partial charge on any atom is -0.331 e. The van der Waals surface area contributed by atoms with Crippen LogP contribution in [-0.4, -0.2) is 23.1 Å². The second kappa shape index (κ2) is 7.19. The minimum absolute atomic E-state index is 0. The van der Waals surface area contributed by atoms with E-state index in [2.05, 4.69) is 17.0 Å². The number of allylic oxidation sites excluding steroid dienone is 2. The topological polar surface area (TPSA) is 32.7 Å². The Hall–Kier alpha value is -2.46. The van der Waals surface area contributed by atoms with Crippen LogP contribution in [0.1, 0.15) is 22.3 Å². The lowest BCUT2D eigenvalue weighted by Gasteiger charge is -2.27. The van der Waals surface area contributed by atoms with Crippen LogP contribution in [0.3, 0.4) is 0 Å². The molecule has 0 N–H and O–H groups in total. The van der Waals surface area contributed by atoms with E-state index in [1.54, 1.807) is 0 Å². The second-order valence-electron chi connectivity index (χ2n) is 6.16. The molecule has 4 rings (SSSR count). The zero-order valence-electron chi connectivity index (χ0n) is 13.7. The maximum atomic E-state index is 12.9. The van der Waals surface area contributed by atoms with Gasteiger partial charge in [-0.3, -0.25) is 9.79 Å². The maximum Gasteiger partial charge on any atom is 0.165 e. The molecule has 0 saturated carbocycles. The first-order valence-electron chi connectivity index (χ1n) is 8.12. The summed E-state index contributed by atoms with van der Waals surface area (Å²) < 4.78 is 0. The van der Waals surface area contributed by atoms with Crippen LogP contribution in [-0.2, 0) is 5.54 Å². The van der Waals surface area contributed by atoms with Gasteiger partial charge in [-0.2, -0.15) is 0 Å². The molecule has 1 unspecified atom stereocenters. The van der Waals surface area contributed by atoms with E-state index in [-0.39, 0.29) is 22.8 Å². The van der Waals surface area contributed by atoms with Gasteiger partial charge in [0.05, 0.1) is 6.54 Å². The summed E-state index contributed by atoms with van der Waals surface area (Å²) >= 11 is 0. The third kappa shape index (κ3) is 3.35. The average Bonchev–Trinajstić information content (AvgIpc) is 3.02. The number of Topliss-reactive ketones (excluding diaryl/α,β-unsaturated/α-hetero) is 1. The number of amidine groups is 1. The van der Waals surface area contributed by atoms with Crippen LogP contribution in [0.2, 0.25) is 0 Å². The lowest BCUT2D eigenvalue weighted by atomic mass is 9.84. The minimum atomic E-state index is -0.539. The van der Waals surface area contributed by atoms with E-state index in [1.807, 2.05) is 73.0 Å². The van der Waals surface area contributed by atoms with E-state index in [4.69, 9.17) is 4.99 Å². The van der Waals surface area contributed by atoms with Gasteiger partial charge in [-0.05, 0) is 17.7 Å². The van der Waals surface area contributed by atoms with Crippen molar-refractivity contribution in [3.8, 4) is 0 Å². The van der Waals surface area contributed by atoms with Gasteiger partial charge in [0, 0.05) is 18.2 Å². The highest BCUT2D eigenvalue weighted by molar-refractivity contribution is 8.93. The molecule has 0 aliphatic carbocycles. The fourth-order valence-electron chi connectivity index (χ4n) is 3.33. The predicted octanol–water partition coefficient (Wildman–Crippen LogP) is 4.53. The quantitative estimate of drug-likeness (QED) is 0.713. The van der Waals surface area contributed by atoms with Crippen LogP contribution in [0, 0.1) is 0 Å². The standard InChI is InChI=1S/C21H18N2O.BrH/c24-19(17-9-3-1-4-10-17)15-21(18-11-5-2-6-12-18)16-23-14-8-7-13-20(23)22-21;/h1-14H,15-16H2;1H. The molecule has 0 amide bonds. The predicted molar refractivity (Wildman–Crippen MR) is 106 cm³/mol. The summed E-state index contributed by atoms with van der Waals surface area (Å²) in [6.07, 6.45) is 8.37. The molecule has 4 heteroatoms. The molecule has 0 bridgehead atoms. The largest absolute Gasteiger partial charge is 0.331 e. The van der Waals surface area contributed by atoms with Crippen molar-refractivity contribution in [3.05, 3.63) is 96.2 Å². The van der Waals surface area contributed by atoms with Crippen molar-refractivity contribution in [2.24, 2.45) is 4.99 Å². The molecule has 2 heterocycles. The number of ketones is 1. The number of hydrogen-bond donors (Lipinski definition) is 0. The summed E-state index contributed by atoms with van der Waals surface area (Å²) in [6, 6.07) is 19.6. The third-order valence-corrected chi connectivity index (χ3v) is 4.54. The highest BCUT2D eigenvalue weighted by Gasteiger charge is 2.41. The van der Waals surface area contributed by atoms with Crippen LogP contribution < -0.4 is 0 Å². The van der Waals surface area contributed by atoms with Crippen LogP contribution in [0.4, 0.5) is 0 Å². The van der Waals surface area contributed by atoms with Crippen molar-refractivity contribution in [1.82, 2.24) is 4.90 Å². The second-order valence-corrected chi connectivity index (χ2v) is 6.16. The molecule has 2 aromatic carbocycles. The van der Waals surface area contributed by atoms with Crippen LogP contribution in [0.5, 0.6) is 0 Å². The Bertz CT molecular complexity index is 843. The van der Waals surface area contributed by atoms with Gasteiger partial charge in [-0.1, -0.05) is 66.7 Å². The van der Waals surface area contributed by atoms with Gasteiger partial charge in [0.2, 0.25) is 0 Å². The summed E-state index contributed by atoms with van der Waals surface area (Å²) in [4.78, 5) is 19.9. The number of halogens is 1. The van der Waals surface area contributed by atoms with Gasteiger partial charge in [0.15, 0.2) is 5.78 Å². The van der Waals surface area contributed by atoms with E-state index in [1.165, 1.54) is 0 Å². The smallest absolute Gasteiger partial charge is 0.165 e. The van der Waals surface area contributed by atoms with E-state index in [0.717, 1.165) is 17.0 Å². The number of rotatable bonds is 4. The Kier molecular flexibility index (Phi) is 5.00. The van der Waals surface area contributed by atoms with Crippen LogP contribution >= 0.6 is 17.0 Å². The van der Waals surface area contributed by atoms with E-state index < -0.39 is 5.54 Å². The highest BCUT2D eigenvalue weighted by atomic mass is 79.9. The maximum absolute atomic E-state index is 12.9. The number of benzene rings is 2. The molecule has 0 saturated heterocycles. The first-order valence-corrected chi connectivity index (χ1v) is 8.12. The molecular formula is C21H19BrN2O. The van der Waals surface area contributed by atoms with Gasteiger partial charge in [-0.25, -0.2) is 0 Å². The van der Waals surface area contributed by atoms with Crippen molar-refractivity contribution in [2.45, 2.75) is 12.0 Å². The third-order valence-electron chi connectivity index (χ3n) is 4.54. The number of carbonyl (C=O) groups excluding carboxylic acids is 1. The number of hydrogen-bond acceptors (Lipinski definition) is 3. The summed E-state index contributed by atoms with van der Waals surface area (Å²) in [5.74, 6) is 1.04. The van der Waals surface area contributed by atoms with Crippen molar-refractivity contribution < 1.29 is 4.79 Å². The Labute approximate surface area is 158 Å². The van der Waals surface area contributed by atoms with Crippen molar-refractivity contribution >= 4 is 28.6 Å². The van der Waals surface area contributed by atoms with Gasteiger partial charge in [0.25, 0.3) is 0 Å². The Balaban J connectivity index is 0.00000182. The molecule has 0 spiro atoms. The zero-order valence-corrected chi connectivity index (χ0v) is 15.4. The summed E-state index contributed by atoms with van der Waals surface area (Å²) in [5, 5.41) is 0. The number of aliphatic imine (C=N–C) groups is 1. The fourth-order valence-corrected chi connectivity index (χ4v) is 3.33. The number of nitrogens with zero attached hydrogens (tertiary/aromatic N) is 2. The Morgan fingerprint density at radius 2 is 1.68 bits per heavy atom. The van der Waals surface area contributed by atoms with Crippen LogP contribution in [0.25, 0.3) is 0 Å². The zero-order chi connectivity index (χ0) is 16.4. The molecule has 1 atom stereocenters. The normalized spacial score (nSPS) is 20.6. The molecule has 126 valence electrons. The molecule has 2 aliphatic rings. The van der Waals surface area contributed by atoms with Gasteiger partial charge >= 0.3 is 0 Å². The van der Waals surface area contributed by atoms with Crippen molar-refractivity contribution in [1.29, 1.82) is 0 Å². The number of fused-ring (bicyclic) bond motifs is 1. The van der Waals surface area contributed by atoms with Gasteiger partial charge < -0.3 is 4.90 Å². The average molecular weight is 395 g/mol. The Morgan fingerprint density at radius 3 is 2.36 bits per heavy atom.